The van der Waals surface area contributed by atoms with Gasteiger partial charge in [-0.25, -0.2) is 0 Å². The highest BCUT2D eigenvalue weighted by atomic mass is 127. The summed E-state index contributed by atoms with van der Waals surface area (Å²) in [5, 5.41) is 4.02. The number of fused-ring (bicyclic) bond motifs is 1. The Kier molecular flexibility index (Phi) is 6.41. The number of halogens is 3. The highest BCUT2D eigenvalue weighted by molar-refractivity contribution is 14.1. The van der Waals surface area contributed by atoms with E-state index in [0.29, 0.717) is 45.5 Å². The smallest absolute Gasteiger partial charge is 0.256 e. The molecule has 1 aliphatic heterocycles. The number of amides is 2. The summed E-state index contributed by atoms with van der Waals surface area (Å²) < 4.78 is 0.908. The van der Waals surface area contributed by atoms with Gasteiger partial charge in [-0.15, -0.1) is 0 Å². The van der Waals surface area contributed by atoms with Crippen LogP contribution < -0.4 is 11.1 Å². The fraction of sp³-hybridized carbons (Fsp3) is 0.130. The number of carbonyl (C=O) groups excluding carboxylic acids is 2. The summed E-state index contributed by atoms with van der Waals surface area (Å²) in [5.74, 6) is -0.501. The van der Waals surface area contributed by atoms with Gasteiger partial charge in [-0.05, 0) is 82.6 Å². The Bertz CT molecular complexity index is 1170. The van der Waals surface area contributed by atoms with E-state index in [-0.39, 0.29) is 11.8 Å². The molecule has 0 bridgehead atoms. The van der Waals surface area contributed by atoms with Gasteiger partial charge in [-0.3, -0.25) is 9.59 Å². The minimum atomic E-state index is -0.802. The fourth-order valence-corrected chi connectivity index (χ4v) is 4.46. The van der Waals surface area contributed by atoms with Crippen molar-refractivity contribution in [2.45, 2.75) is 12.5 Å². The lowest BCUT2D eigenvalue weighted by atomic mass is 10.0. The Morgan fingerprint density at radius 2 is 1.68 bits per heavy atom. The number of rotatable bonds is 4. The van der Waals surface area contributed by atoms with Crippen molar-refractivity contribution >= 4 is 69.0 Å². The molecule has 8 heteroatoms. The van der Waals surface area contributed by atoms with E-state index in [2.05, 4.69) is 27.9 Å². The van der Waals surface area contributed by atoms with Crippen LogP contribution in [0.4, 0.5) is 11.4 Å². The zero-order valence-electron chi connectivity index (χ0n) is 16.2. The first-order chi connectivity index (χ1) is 14.8. The molecule has 2 amide bonds. The lowest BCUT2D eigenvalue weighted by Crippen LogP contribution is -2.40. The molecule has 5 nitrogen and oxygen atoms in total. The van der Waals surface area contributed by atoms with Crippen molar-refractivity contribution in [1.82, 2.24) is 4.90 Å². The van der Waals surface area contributed by atoms with Gasteiger partial charge in [0.1, 0.15) is 6.04 Å². The van der Waals surface area contributed by atoms with Gasteiger partial charge in [0.2, 0.25) is 0 Å². The van der Waals surface area contributed by atoms with E-state index in [9.17, 15) is 9.59 Å². The Hall–Kier alpha value is -2.29. The van der Waals surface area contributed by atoms with Crippen molar-refractivity contribution in [3.63, 3.8) is 0 Å². The minimum Gasteiger partial charge on any atom is -0.398 e. The molecule has 1 unspecified atom stereocenters. The Labute approximate surface area is 203 Å². The van der Waals surface area contributed by atoms with Crippen molar-refractivity contribution < 1.29 is 9.59 Å². The SMILES string of the molecule is Nc1cc(Cl)ccc1CCN1C(=O)c2cc(I)ccc2NC(=O)C1c1ccc(Cl)cc1. The normalized spacial score (nSPS) is 16.0. The number of hydrogen-bond acceptors (Lipinski definition) is 3. The molecule has 0 saturated heterocycles. The van der Waals surface area contributed by atoms with Crippen LogP contribution in [-0.4, -0.2) is 23.3 Å². The second-order valence-electron chi connectivity index (χ2n) is 7.22. The number of nitrogens with zero attached hydrogens (tertiary/aromatic N) is 1. The lowest BCUT2D eigenvalue weighted by Gasteiger charge is -2.29. The van der Waals surface area contributed by atoms with Gasteiger partial charge in [-0.2, -0.15) is 0 Å². The van der Waals surface area contributed by atoms with Crippen LogP contribution >= 0.6 is 45.8 Å². The molecule has 0 spiro atoms. The zero-order valence-corrected chi connectivity index (χ0v) is 19.9. The number of carbonyl (C=O) groups is 2. The predicted octanol–water partition coefficient (Wildman–Crippen LogP) is 5.56. The van der Waals surface area contributed by atoms with Crippen LogP contribution in [0, 0.1) is 3.57 Å². The van der Waals surface area contributed by atoms with Gasteiger partial charge < -0.3 is 16.0 Å². The van der Waals surface area contributed by atoms with Gasteiger partial charge in [-0.1, -0.05) is 41.4 Å². The number of hydrogen-bond donors (Lipinski definition) is 2. The van der Waals surface area contributed by atoms with E-state index in [1.54, 1.807) is 53.4 Å². The summed E-state index contributed by atoms with van der Waals surface area (Å²) in [7, 11) is 0. The van der Waals surface area contributed by atoms with Gasteiger partial charge in [0, 0.05) is 25.8 Å². The van der Waals surface area contributed by atoms with Crippen LogP contribution in [0.5, 0.6) is 0 Å². The largest absolute Gasteiger partial charge is 0.398 e. The third-order valence-electron chi connectivity index (χ3n) is 5.21. The van der Waals surface area contributed by atoms with E-state index < -0.39 is 6.04 Å². The first-order valence-electron chi connectivity index (χ1n) is 9.54. The predicted molar refractivity (Wildman–Crippen MR) is 133 cm³/mol. The van der Waals surface area contributed by atoms with Crippen molar-refractivity contribution in [2.75, 3.05) is 17.6 Å². The van der Waals surface area contributed by atoms with Crippen molar-refractivity contribution in [2.24, 2.45) is 0 Å². The molecule has 3 aromatic rings. The summed E-state index contributed by atoms with van der Waals surface area (Å²) in [6.07, 6.45) is 0.478. The van der Waals surface area contributed by atoms with E-state index in [0.717, 1.165) is 9.13 Å². The number of nitrogen functional groups attached to an aromatic ring is 1. The average molecular weight is 566 g/mol. The van der Waals surface area contributed by atoms with Crippen molar-refractivity contribution in [3.8, 4) is 0 Å². The molecule has 158 valence electrons. The molecule has 31 heavy (non-hydrogen) atoms. The van der Waals surface area contributed by atoms with Crippen LogP contribution in [0.15, 0.2) is 60.7 Å². The molecule has 0 fully saturated rings. The second kappa shape index (κ2) is 9.06. The van der Waals surface area contributed by atoms with Gasteiger partial charge in [0.05, 0.1) is 11.3 Å². The highest BCUT2D eigenvalue weighted by Crippen LogP contribution is 2.33. The van der Waals surface area contributed by atoms with Crippen LogP contribution in [0.2, 0.25) is 10.0 Å². The number of nitrogens with one attached hydrogen (secondary N) is 1. The average Bonchev–Trinajstić information content (AvgIpc) is 2.83. The van der Waals surface area contributed by atoms with E-state index in [1.165, 1.54) is 0 Å². The lowest BCUT2D eigenvalue weighted by molar-refractivity contribution is -0.120. The summed E-state index contributed by atoms with van der Waals surface area (Å²) in [5.41, 5.74) is 9.16. The third-order valence-corrected chi connectivity index (χ3v) is 6.36. The first kappa shape index (κ1) is 21.9. The standard InChI is InChI=1S/C23H18Cl2IN3O2/c24-15-4-2-14(3-5-15)21-22(30)28-20-8-7-17(26)12-18(20)23(31)29(21)10-9-13-1-6-16(25)11-19(13)27/h1-8,11-12,21H,9-10,27H2,(H,28,30). The fourth-order valence-electron chi connectivity index (χ4n) is 3.66. The Balaban J connectivity index is 1.75. The number of benzene rings is 3. The summed E-state index contributed by atoms with van der Waals surface area (Å²) in [4.78, 5) is 28.4. The maximum atomic E-state index is 13.6. The molecule has 3 N–H and O–H groups in total. The molecule has 0 aliphatic carbocycles. The van der Waals surface area contributed by atoms with Crippen LogP contribution in [0.3, 0.4) is 0 Å². The van der Waals surface area contributed by atoms with E-state index >= 15 is 0 Å². The first-order valence-corrected chi connectivity index (χ1v) is 11.4. The molecule has 0 saturated carbocycles. The topological polar surface area (TPSA) is 75.4 Å². The maximum absolute atomic E-state index is 13.6. The van der Waals surface area contributed by atoms with Gasteiger partial charge in [0.15, 0.2) is 0 Å². The number of nitrogens with two attached hydrogens (primary N) is 1. The molecule has 4 rings (SSSR count). The molecule has 1 aliphatic rings. The molecular weight excluding hydrogens is 548 g/mol. The van der Waals surface area contributed by atoms with E-state index in [1.807, 2.05) is 12.1 Å². The molecule has 1 atom stereocenters. The zero-order chi connectivity index (χ0) is 22.1. The Morgan fingerprint density at radius 1 is 0.968 bits per heavy atom. The van der Waals surface area contributed by atoms with Crippen LogP contribution in [0.1, 0.15) is 27.5 Å². The third kappa shape index (κ3) is 4.66. The van der Waals surface area contributed by atoms with Gasteiger partial charge >= 0.3 is 0 Å². The molecular formula is C23H18Cl2IN3O2. The summed E-state index contributed by atoms with van der Waals surface area (Å²) in [6, 6.07) is 16.8. The monoisotopic (exact) mass is 565 g/mol. The molecule has 1 heterocycles. The molecule has 0 aromatic heterocycles. The Morgan fingerprint density at radius 3 is 2.39 bits per heavy atom. The minimum absolute atomic E-state index is 0.223. The van der Waals surface area contributed by atoms with Crippen LogP contribution in [0.25, 0.3) is 0 Å². The highest BCUT2D eigenvalue weighted by Gasteiger charge is 2.36. The summed E-state index contributed by atoms with van der Waals surface area (Å²) in [6.45, 7) is 0.302. The quantitative estimate of drug-likeness (QED) is 0.321. The second-order valence-corrected chi connectivity index (χ2v) is 9.34. The van der Waals surface area contributed by atoms with Crippen molar-refractivity contribution in [1.29, 1.82) is 0 Å². The summed E-state index contributed by atoms with van der Waals surface area (Å²) >= 11 is 14.2. The molecule has 0 radical (unpaired) electrons. The molecule has 3 aromatic carbocycles. The van der Waals surface area contributed by atoms with Crippen molar-refractivity contribution in [3.05, 3.63) is 91.0 Å². The van der Waals surface area contributed by atoms with Gasteiger partial charge in [0.25, 0.3) is 11.8 Å². The number of anilines is 2. The van der Waals surface area contributed by atoms with Crippen LogP contribution in [-0.2, 0) is 11.2 Å². The van der Waals surface area contributed by atoms with E-state index in [4.69, 9.17) is 28.9 Å². The maximum Gasteiger partial charge on any atom is 0.256 e.